The molecule has 0 spiro atoms. The Morgan fingerprint density at radius 3 is 2.13 bits per heavy atom. The summed E-state index contributed by atoms with van der Waals surface area (Å²) in [6.07, 6.45) is -0.114. The number of benzene rings is 4. The molecule has 4 aromatic rings. The topological polar surface area (TPSA) is 117 Å². The molecule has 1 amide bonds. The number of aliphatic hydroxyl groups excluding tert-OH is 1. The van der Waals surface area contributed by atoms with Gasteiger partial charge in [0.2, 0.25) is 0 Å². The molecule has 0 saturated carbocycles. The van der Waals surface area contributed by atoms with Gasteiger partial charge in [-0.3, -0.25) is 19.8 Å². The lowest BCUT2D eigenvalue weighted by Gasteiger charge is -2.41. The van der Waals surface area contributed by atoms with Crippen LogP contribution in [0.5, 0.6) is 0 Å². The van der Waals surface area contributed by atoms with E-state index in [1.165, 1.54) is 0 Å². The zero-order valence-corrected chi connectivity index (χ0v) is 25.5. The number of nitro benzene ring substituents is 1. The number of amides is 1. The zero-order chi connectivity index (χ0) is 31.9. The highest BCUT2D eigenvalue weighted by molar-refractivity contribution is 5.94. The molecule has 2 aliphatic heterocycles. The SMILES string of the molecule is O=C(NCc1ccc(C2OC(CN3CCN(c4ccc([N+](=O)[O-])cc4)CC3)CC(c3ccc(CO)cc3)O2)cc1)c1ccccc1. The molecule has 6 rings (SSSR count). The van der Waals surface area contributed by atoms with Gasteiger partial charge in [0, 0.05) is 74.6 Å². The second kappa shape index (κ2) is 14.7. The molecule has 10 nitrogen and oxygen atoms in total. The number of piperazine rings is 1. The molecule has 0 bridgehead atoms. The smallest absolute Gasteiger partial charge is 0.269 e. The number of carbonyl (C=O) groups is 1. The standard InChI is InChI=1S/C36H38N4O6/c41-25-27-8-10-28(11-9-27)34-22-33(24-38-18-20-39(21-19-38)31-14-16-32(17-15-31)40(43)44)45-36(46-34)30-12-6-26(7-13-30)23-37-35(42)29-4-2-1-3-5-29/h1-17,33-34,36,41H,18-25H2,(H,37,42). The van der Waals surface area contributed by atoms with Crippen molar-refractivity contribution in [2.45, 2.75) is 38.1 Å². The summed E-state index contributed by atoms with van der Waals surface area (Å²) in [5.41, 5.74) is 5.48. The molecule has 0 aliphatic carbocycles. The fourth-order valence-corrected chi connectivity index (χ4v) is 5.96. The highest BCUT2D eigenvalue weighted by Gasteiger charge is 2.34. The maximum absolute atomic E-state index is 12.5. The fraction of sp³-hybridized carbons (Fsp3) is 0.306. The van der Waals surface area contributed by atoms with E-state index in [0.717, 1.165) is 60.7 Å². The van der Waals surface area contributed by atoms with E-state index in [1.54, 1.807) is 24.3 Å². The number of rotatable bonds is 10. The maximum Gasteiger partial charge on any atom is 0.269 e. The highest BCUT2D eigenvalue weighted by atomic mass is 16.7. The quantitative estimate of drug-likeness (QED) is 0.179. The first-order valence-corrected chi connectivity index (χ1v) is 15.6. The molecule has 0 aromatic heterocycles. The first-order valence-electron chi connectivity index (χ1n) is 15.6. The minimum absolute atomic E-state index is 0.00975. The normalized spacial score (nSPS) is 20.3. The molecule has 46 heavy (non-hydrogen) atoms. The van der Waals surface area contributed by atoms with Crippen LogP contribution in [0.4, 0.5) is 11.4 Å². The van der Waals surface area contributed by atoms with Gasteiger partial charge in [0.05, 0.1) is 23.7 Å². The minimum atomic E-state index is -0.560. The molecule has 2 fully saturated rings. The van der Waals surface area contributed by atoms with Crippen LogP contribution < -0.4 is 10.2 Å². The summed E-state index contributed by atoms with van der Waals surface area (Å²) in [5, 5.41) is 23.5. The fourth-order valence-electron chi connectivity index (χ4n) is 5.96. The Balaban J connectivity index is 1.10. The summed E-state index contributed by atoms with van der Waals surface area (Å²) in [6.45, 7) is 4.49. The Morgan fingerprint density at radius 1 is 0.826 bits per heavy atom. The van der Waals surface area contributed by atoms with Crippen LogP contribution in [0.2, 0.25) is 0 Å². The molecule has 3 atom stereocenters. The van der Waals surface area contributed by atoms with Crippen molar-refractivity contribution in [3.63, 3.8) is 0 Å². The maximum atomic E-state index is 12.5. The lowest BCUT2D eigenvalue weighted by Crippen LogP contribution is -2.49. The van der Waals surface area contributed by atoms with Crippen LogP contribution in [0, 0.1) is 10.1 Å². The number of non-ortho nitro benzene ring substituents is 1. The summed E-state index contributed by atoms with van der Waals surface area (Å²) in [7, 11) is 0. The largest absolute Gasteiger partial charge is 0.392 e. The lowest BCUT2D eigenvalue weighted by atomic mass is 9.99. The third-order valence-corrected chi connectivity index (χ3v) is 8.62. The average molecular weight is 623 g/mol. The number of hydrogen-bond donors (Lipinski definition) is 2. The molecule has 4 aromatic carbocycles. The molecule has 2 saturated heterocycles. The predicted molar refractivity (Wildman–Crippen MR) is 174 cm³/mol. The Hall–Kier alpha value is -4.61. The van der Waals surface area contributed by atoms with Crippen molar-refractivity contribution in [3.05, 3.63) is 141 Å². The van der Waals surface area contributed by atoms with E-state index in [4.69, 9.17) is 9.47 Å². The monoisotopic (exact) mass is 622 g/mol. The van der Waals surface area contributed by atoms with Gasteiger partial charge < -0.3 is 24.8 Å². The summed E-state index contributed by atoms with van der Waals surface area (Å²) in [4.78, 5) is 27.8. The van der Waals surface area contributed by atoms with Crippen LogP contribution in [0.15, 0.2) is 103 Å². The molecule has 0 radical (unpaired) electrons. The second-order valence-corrected chi connectivity index (χ2v) is 11.7. The number of aliphatic hydroxyl groups is 1. The number of anilines is 1. The number of hydrogen-bond acceptors (Lipinski definition) is 8. The van der Waals surface area contributed by atoms with Gasteiger partial charge in [-0.2, -0.15) is 0 Å². The van der Waals surface area contributed by atoms with E-state index in [1.807, 2.05) is 78.9 Å². The number of nitrogens with one attached hydrogen (secondary N) is 1. The zero-order valence-electron chi connectivity index (χ0n) is 25.5. The van der Waals surface area contributed by atoms with Crippen LogP contribution in [-0.4, -0.2) is 59.7 Å². The molecular formula is C36H38N4O6. The third-order valence-electron chi connectivity index (χ3n) is 8.62. The van der Waals surface area contributed by atoms with Gasteiger partial charge in [0.1, 0.15) is 0 Å². The molecular weight excluding hydrogens is 584 g/mol. The Labute approximate surface area is 268 Å². The van der Waals surface area contributed by atoms with Crippen molar-refractivity contribution < 1.29 is 24.3 Å². The number of nitro groups is 1. The van der Waals surface area contributed by atoms with Crippen molar-refractivity contribution in [2.75, 3.05) is 37.6 Å². The van der Waals surface area contributed by atoms with E-state index in [9.17, 15) is 20.0 Å². The Kier molecular flexibility index (Phi) is 10.00. The Bertz CT molecular complexity index is 1590. The van der Waals surface area contributed by atoms with Crippen molar-refractivity contribution in [1.82, 2.24) is 10.2 Å². The molecule has 238 valence electrons. The summed E-state index contributed by atoms with van der Waals surface area (Å²) in [6, 6.07) is 31.7. The Morgan fingerprint density at radius 2 is 1.48 bits per heavy atom. The van der Waals surface area contributed by atoms with Crippen LogP contribution >= 0.6 is 0 Å². The van der Waals surface area contributed by atoms with Crippen LogP contribution in [0.25, 0.3) is 0 Å². The molecule has 10 heteroatoms. The van der Waals surface area contributed by atoms with Gasteiger partial charge >= 0.3 is 0 Å². The van der Waals surface area contributed by atoms with Crippen molar-refractivity contribution in [1.29, 1.82) is 0 Å². The van der Waals surface area contributed by atoms with Gasteiger partial charge in [-0.15, -0.1) is 0 Å². The van der Waals surface area contributed by atoms with Gasteiger partial charge in [-0.1, -0.05) is 66.7 Å². The number of nitrogens with zero attached hydrogens (tertiary/aromatic N) is 3. The minimum Gasteiger partial charge on any atom is -0.392 e. The van der Waals surface area contributed by atoms with E-state index in [0.29, 0.717) is 18.5 Å². The first kappa shape index (κ1) is 31.4. The van der Waals surface area contributed by atoms with Crippen LogP contribution in [-0.2, 0) is 22.6 Å². The van der Waals surface area contributed by atoms with E-state index >= 15 is 0 Å². The van der Waals surface area contributed by atoms with Crippen molar-refractivity contribution in [3.8, 4) is 0 Å². The summed E-state index contributed by atoms with van der Waals surface area (Å²) < 4.78 is 13.1. The lowest BCUT2D eigenvalue weighted by molar-refractivity contribution is -0.384. The van der Waals surface area contributed by atoms with E-state index in [2.05, 4.69) is 15.1 Å². The van der Waals surface area contributed by atoms with E-state index in [-0.39, 0.29) is 35.3 Å². The van der Waals surface area contributed by atoms with Crippen molar-refractivity contribution >= 4 is 17.3 Å². The molecule has 2 aliphatic rings. The second-order valence-electron chi connectivity index (χ2n) is 11.7. The van der Waals surface area contributed by atoms with Gasteiger partial charge in [-0.05, 0) is 41.0 Å². The van der Waals surface area contributed by atoms with E-state index < -0.39 is 6.29 Å². The highest BCUT2D eigenvalue weighted by Crippen LogP contribution is 2.38. The molecule has 2 N–H and O–H groups in total. The first-order chi connectivity index (χ1) is 22.4. The summed E-state index contributed by atoms with van der Waals surface area (Å²) in [5.74, 6) is -0.116. The van der Waals surface area contributed by atoms with Gasteiger partial charge in [0.25, 0.3) is 11.6 Å². The van der Waals surface area contributed by atoms with Gasteiger partial charge in [-0.25, -0.2) is 0 Å². The molecule has 3 unspecified atom stereocenters. The predicted octanol–water partition coefficient (Wildman–Crippen LogP) is 5.38. The third kappa shape index (κ3) is 7.78. The van der Waals surface area contributed by atoms with Crippen molar-refractivity contribution in [2.24, 2.45) is 0 Å². The molecule has 2 heterocycles. The number of carbonyl (C=O) groups excluding carboxylic acids is 1. The van der Waals surface area contributed by atoms with Crippen LogP contribution in [0.1, 0.15) is 51.4 Å². The van der Waals surface area contributed by atoms with Crippen LogP contribution in [0.3, 0.4) is 0 Å². The summed E-state index contributed by atoms with van der Waals surface area (Å²) >= 11 is 0. The average Bonchev–Trinajstić information content (AvgIpc) is 3.11. The van der Waals surface area contributed by atoms with Gasteiger partial charge in [0.15, 0.2) is 6.29 Å². The number of ether oxygens (including phenoxy) is 2.